The van der Waals surface area contributed by atoms with Crippen molar-refractivity contribution in [1.82, 2.24) is 16.0 Å². The van der Waals surface area contributed by atoms with E-state index in [0.29, 0.717) is 32.4 Å². The fourth-order valence-electron chi connectivity index (χ4n) is 7.87. The summed E-state index contributed by atoms with van der Waals surface area (Å²) in [5.41, 5.74) is 0. The molecule has 21 nitrogen and oxygen atoms in total. The highest BCUT2D eigenvalue weighted by atomic mass is 31.2. The molecule has 0 aromatic heterocycles. The van der Waals surface area contributed by atoms with Crippen LogP contribution in [0.2, 0.25) is 0 Å². The lowest BCUT2D eigenvalue weighted by Crippen LogP contribution is -2.42. The molecule has 7 unspecified atom stereocenters. The Labute approximate surface area is 441 Å². The standard InChI is InChI=1S/C14H24BNO5.C13H23BNO4P.2C10H18BNO4/c1-5-9-12(13(14(15)20-9)19-8(2)3)21-11(18)7-6-10(17)16-4;1-6-10-11(19-20(5)16-8-7-15-4)12(13(14)18-10)17-9(2)3;2*1-4-6-7(13)8(9(11)16-6)15-5(2)10(14)12-3/h8-9,12-14H,5-7H2,1-4H3,(H,16,17);9-13H,6-8H2,1-3,5H3;2*5-9,13H,4H2,1-3H3,(H,12,14)/t9-,12?,13+,14-;10-,11?,12+,13-,20?;2*5?,6-,7?,8+,9-/m1111/s1. The van der Waals surface area contributed by atoms with E-state index in [1.165, 1.54) is 21.1 Å². The molecule has 0 aromatic carbocycles. The van der Waals surface area contributed by atoms with Crippen molar-refractivity contribution >= 4 is 63.5 Å². The molecule has 0 aliphatic carbocycles. The quantitative estimate of drug-likeness (QED) is 0.0317. The minimum Gasteiger partial charge on any atom is -0.457 e. The number of hydrogen-bond acceptors (Lipinski definition) is 17. The maximum absolute atomic E-state index is 11.9. The fourth-order valence-corrected chi connectivity index (χ4v) is 8.87. The van der Waals surface area contributed by atoms with Crippen molar-refractivity contribution in [3.8, 4) is 0 Å². The van der Waals surface area contributed by atoms with Gasteiger partial charge in [0.2, 0.25) is 24.3 Å². The Morgan fingerprint density at radius 3 is 1.33 bits per heavy atom. The Bertz CT molecular complexity index is 1600. The monoisotopic (exact) mass is 1050 g/mol. The van der Waals surface area contributed by atoms with Gasteiger partial charge in [0.05, 0.1) is 43.0 Å². The van der Waals surface area contributed by atoms with Crippen molar-refractivity contribution in [1.29, 1.82) is 0 Å². The molecule has 4 rings (SSSR count). The Balaban J connectivity index is 0.000000490. The second-order valence-corrected chi connectivity index (χ2v) is 19.4. The molecule has 4 heterocycles. The molecule has 0 aromatic rings. The highest BCUT2D eigenvalue weighted by Gasteiger charge is 2.47. The molecule has 4 saturated heterocycles. The molecule has 73 heavy (non-hydrogen) atoms. The van der Waals surface area contributed by atoms with Crippen molar-refractivity contribution in [2.75, 3.05) is 41.0 Å². The van der Waals surface area contributed by atoms with E-state index in [9.17, 15) is 29.4 Å². The zero-order valence-electron chi connectivity index (χ0n) is 45.4. The Hall–Kier alpha value is -2.42. The lowest BCUT2D eigenvalue weighted by Gasteiger charge is -2.27. The molecule has 3 amide bonds. The van der Waals surface area contributed by atoms with Gasteiger partial charge < -0.3 is 82.7 Å². The number of amides is 3. The van der Waals surface area contributed by atoms with Crippen LogP contribution < -0.4 is 16.0 Å². The van der Waals surface area contributed by atoms with E-state index in [1.54, 1.807) is 13.8 Å². The molecule has 410 valence electrons. The Kier molecular flexibility index (Phi) is 33.7. The van der Waals surface area contributed by atoms with E-state index in [1.807, 2.05) is 62.1 Å². The van der Waals surface area contributed by atoms with Crippen LogP contribution in [0.4, 0.5) is 0 Å². The maximum Gasteiger partial charge on any atom is 0.306 e. The highest BCUT2D eigenvalue weighted by Crippen LogP contribution is 2.41. The lowest BCUT2D eigenvalue weighted by molar-refractivity contribution is -0.159. The van der Waals surface area contributed by atoms with Gasteiger partial charge in [-0.05, 0) is 67.2 Å². The normalized spacial score (nSPS) is 32.6. The van der Waals surface area contributed by atoms with Crippen molar-refractivity contribution in [2.24, 2.45) is 0 Å². The van der Waals surface area contributed by atoms with Gasteiger partial charge in [-0.1, -0.05) is 27.7 Å². The topological polar surface area (TPSA) is 251 Å². The molecular weight excluding hydrogens is 967 g/mol. The van der Waals surface area contributed by atoms with Gasteiger partial charge in [-0.25, -0.2) is 6.57 Å². The molecule has 19 atom stereocenters. The summed E-state index contributed by atoms with van der Waals surface area (Å²) in [5, 5.41) is 27.1. The zero-order valence-corrected chi connectivity index (χ0v) is 46.3. The predicted molar refractivity (Wildman–Crippen MR) is 276 cm³/mol. The lowest BCUT2D eigenvalue weighted by atomic mass is 9.92. The molecule has 4 aliphatic rings. The summed E-state index contributed by atoms with van der Waals surface area (Å²) in [6.07, 6.45) is -3.82. The van der Waals surface area contributed by atoms with E-state index in [4.69, 9.17) is 89.6 Å². The van der Waals surface area contributed by atoms with Crippen LogP contribution in [-0.2, 0) is 70.9 Å². The molecule has 0 saturated carbocycles. The SMILES string of the molecule is [B][C@@H]1O[C@H](CC)C(O)[C@@H]1OC(C)C(=O)NC.[B][C@@H]1O[C@H](CC)C(O)[C@@H]1OC(C)C(=O)NC.[B][C@@H]1O[C@H](CC)C(OC(=O)CCC(=O)NC)[C@@H]1OC(C)C.[B][C@@H]1O[C@H](CC)C(OP(C)OCC[N+]#[C-])[C@@H]1OC(C)C. The first-order valence-corrected chi connectivity index (χ1v) is 26.8. The average Bonchev–Trinajstić information content (AvgIpc) is 4.01. The van der Waals surface area contributed by atoms with E-state index in [-0.39, 0.29) is 79.4 Å². The molecule has 0 spiro atoms. The number of nitrogens with one attached hydrogen (secondary N) is 3. The molecule has 4 fully saturated rings. The number of rotatable bonds is 23. The van der Waals surface area contributed by atoms with Gasteiger partial charge in [0.1, 0.15) is 92.9 Å². The van der Waals surface area contributed by atoms with Crippen molar-refractivity contribution in [2.45, 2.75) is 229 Å². The second-order valence-electron chi connectivity index (χ2n) is 18.0. The van der Waals surface area contributed by atoms with Crippen molar-refractivity contribution in [3.63, 3.8) is 0 Å². The number of aliphatic hydroxyl groups is 2. The number of nitrogens with zero attached hydrogens (tertiary/aromatic N) is 1. The third-order valence-corrected chi connectivity index (χ3v) is 12.8. The highest BCUT2D eigenvalue weighted by molar-refractivity contribution is 7.46. The average molecular weight is 1050 g/mol. The van der Waals surface area contributed by atoms with E-state index >= 15 is 0 Å². The number of esters is 1. The summed E-state index contributed by atoms with van der Waals surface area (Å²) in [5.74, 6) is -1.15. The summed E-state index contributed by atoms with van der Waals surface area (Å²) >= 11 is 0. The zero-order chi connectivity index (χ0) is 55.7. The largest absolute Gasteiger partial charge is 0.457 e. The van der Waals surface area contributed by atoms with E-state index in [0.717, 1.165) is 6.42 Å². The van der Waals surface area contributed by atoms with Crippen molar-refractivity contribution in [3.05, 3.63) is 11.4 Å². The van der Waals surface area contributed by atoms with Crippen LogP contribution in [0.1, 0.15) is 108 Å². The molecule has 5 N–H and O–H groups in total. The summed E-state index contributed by atoms with van der Waals surface area (Å²) in [7, 11) is 26.8. The Morgan fingerprint density at radius 2 is 0.973 bits per heavy atom. The number of carbonyl (C=O) groups is 4. The predicted octanol–water partition coefficient (Wildman–Crippen LogP) is 1.21. The minimum absolute atomic E-state index is 0.0241. The van der Waals surface area contributed by atoms with Crippen LogP contribution >= 0.6 is 8.38 Å². The number of carbonyl (C=O) groups excluding carboxylic acids is 4. The van der Waals surface area contributed by atoms with Crippen LogP contribution in [0.15, 0.2) is 0 Å². The van der Waals surface area contributed by atoms with Gasteiger partial charge in [0.25, 0.3) is 0 Å². The van der Waals surface area contributed by atoms with Gasteiger partial charge in [-0.15, -0.1) is 0 Å². The van der Waals surface area contributed by atoms with Gasteiger partial charge in [-0.3, -0.25) is 19.2 Å². The van der Waals surface area contributed by atoms with Crippen LogP contribution in [0, 0.1) is 6.57 Å². The van der Waals surface area contributed by atoms with Gasteiger partial charge in [0, 0.05) is 58.2 Å². The number of hydrogen-bond donors (Lipinski definition) is 5. The summed E-state index contributed by atoms with van der Waals surface area (Å²) in [4.78, 5) is 48.8. The third-order valence-electron chi connectivity index (χ3n) is 11.7. The smallest absolute Gasteiger partial charge is 0.306 e. The van der Waals surface area contributed by atoms with Crippen LogP contribution in [0.25, 0.3) is 4.85 Å². The number of aliphatic hydroxyl groups excluding tert-OH is 2. The minimum atomic E-state index is -1.07. The molecule has 8 radical (unpaired) electrons. The fraction of sp³-hybridized carbons (Fsp3) is 0.894. The molecule has 26 heteroatoms. The third kappa shape index (κ3) is 23.0. The first kappa shape index (κ1) is 68.6. The first-order valence-electron chi connectivity index (χ1n) is 25.2. The summed E-state index contributed by atoms with van der Waals surface area (Å²) in [6, 6.07) is -2.47. The maximum atomic E-state index is 11.9. The van der Waals surface area contributed by atoms with Crippen LogP contribution in [0.3, 0.4) is 0 Å². The first-order chi connectivity index (χ1) is 34.4. The molecule has 0 bridgehead atoms. The summed E-state index contributed by atoms with van der Waals surface area (Å²) < 4.78 is 61.2. The van der Waals surface area contributed by atoms with Gasteiger partial charge in [0.15, 0.2) is 14.5 Å². The number of likely N-dealkylation sites (N-methyl/N-ethyl adjacent to an activating group) is 2. The van der Waals surface area contributed by atoms with E-state index < -0.39 is 87.2 Å². The molecular formula is C47H83B4N4O17P. The summed E-state index contributed by atoms with van der Waals surface area (Å²) in [6.45, 7) is 28.0. The van der Waals surface area contributed by atoms with Crippen LogP contribution in [-0.4, -0.2) is 228 Å². The Morgan fingerprint density at radius 1 is 0.589 bits per heavy atom. The van der Waals surface area contributed by atoms with Crippen LogP contribution in [0.5, 0.6) is 0 Å². The van der Waals surface area contributed by atoms with Crippen molar-refractivity contribution < 1.29 is 81.1 Å². The number of ether oxygens (including phenoxy) is 9. The van der Waals surface area contributed by atoms with Gasteiger partial charge in [-0.2, -0.15) is 0 Å². The second kappa shape index (κ2) is 35.8. The molecule has 4 aliphatic heterocycles. The van der Waals surface area contributed by atoms with Gasteiger partial charge >= 0.3 is 5.97 Å². The van der Waals surface area contributed by atoms with E-state index in [2.05, 4.69) is 20.8 Å².